The van der Waals surface area contributed by atoms with E-state index in [0.29, 0.717) is 22.7 Å². The number of halogens is 1. The lowest BCUT2D eigenvalue weighted by Crippen LogP contribution is -2.21. The highest BCUT2D eigenvalue weighted by molar-refractivity contribution is 6.31. The summed E-state index contributed by atoms with van der Waals surface area (Å²) >= 11 is 6.17. The van der Waals surface area contributed by atoms with Crippen LogP contribution in [0.2, 0.25) is 5.02 Å². The van der Waals surface area contributed by atoms with Gasteiger partial charge in [-0.15, -0.1) is 0 Å². The van der Waals surface area contributed by atoms with Gasteiger partial charge < -0.3 is 10.5 Å². The summed E-state index contributed by atoms with van der Waals surface area (Å²) < 4.78 is 5.46. The largest absolute Gasteiger partial charge is 0.453 e. The third-order valence-electron chi connectivity index (χ3n) is 3.26. The first-order chi connectivity index (χ1) is 9.15. The molecule has 0 spiro atoms. The lowest BCUT2D eigenvalue weighted by Gasteiger charge is -2.25. The van der Waals surface area contributed by atoms with Crippen molar-refractivity contribution in [1.29, 1.82) is 0 Å². The SMILES string of the molecule is Nc1ccc(C2Cc3ccccc3C(=O)O2)c(Cl)c1. The number of ether oxygens (including phenoxy) is 1. The molecule has 1 heterocycles. The summed E-state index contributed by atoms with van der Waals surface area (Å²) in [5, 5.41) is 0.525. The van der Waals surface area contributed by atoms with Gasteiger partial charge in [0, 0.05) is 22.7 Å². The Labute approximate surface area is 115 Å². The van der Waals surface area contributed by atoms with Crippen molar-refractivity contribution < 1.29 is 9.53 Å². The van der Waals surface area contributed by atoms with Gasteiger partial charge in [-0.05, 0) is 23.8 Å². The van der Waals surface area contributed by atoms with Crippen LogP contribution >= 0.6 is 11.6 Å². The zero-order chi connectivity index (χ0) is 13.4. The van der Waals surface area contributed by atoms with Crippen LogP contribution in [-0.2, 0) is 11.2 Å². The Balaban J connectivity index is 1.99. The van der Waals surface area contributed by atoms with E-state index in [1.54, 1.807) is 18.2 Å². The van der Waals surface area contributed by atoms with E-state index in [-0.39, 0.29) is 12.1 Å². The zero-order valence-corrected chi connectivity index (χ0v) is 10.9. The first kappa shape index (κ1) is 12.1. The quantitative estimate of drug-likeness (QED) is 0.640. The molecule has 0 amide bonds. The number of hydrogen-bond acceptors (Lipinski definition) is 3. The number of benzene rings is 2. The van der Waals surface area contributed by atoms with E-state index in [9.17, 15) is 4.79 Å². The molecule has 3 rings (SSSR count). The van der Waals surface area contributed by atoms with Crippen molar-refractivity contribution in [1.82, 2.24) is 0 Å². The number of nitrogen functional groups attached to an aromatic ring is 1. The highest BCUT2D eigenvalue weighted by Crippen LogP contribution is 2.34. The maximum Gasteiger partial charge on any atom is 0.339 e. The van der Waals surface area contributed by atoms with Gasteiger partial charge in [0.25, 0.3) is 0 Å². The number of cyclic esters (lactones) is 1. The molecule has 0 fully saturated rings. The third kappa shape index (κ3) is 2.17. The summed E-state index contributed by atoms with van der Waals surface area (Å²) in [6.07, 6.45) is 0.279. The van der Waals surface area contributed by atoms with Crippen LogP contribution in [0, 0.1) is 0 Å². The third-order valence-corrected chi connectivity index (χ3v) is 3.59. The molecule has 0 radical (unpaired) electrons. The van der Waals surface area contributed by atoms with Gasteiger partial charge in [0.2, 0.25) is 0 Å². The maximum atomic E-state index is 12.0. The molecule has 19 heavy (non-hydrogen) atoms. The fourth-order valence-corrected chi connectivity index (χ4v) is 2.62. The average molecular weight is 274 g/mol. The molecule has 1 unspecified atom stereocenters. The van der Waals surface area contributed by atoms with Crippen molar-refractivity contribution in [2.75, 3.05) is 5.73 Å². The molecule has 0 saturated carbocycles. The number of nitrogens with two attached hydrogens (primary N) is 1. The minimum Gasteiger partial charge on any atom is -0.453 e. The maximum absolute atomic E-state index is 12.0. The summed E-state index contributed by atoms with van der Waals surface area (Å²) in [4.78, 5) is 12.0. The molecule has 3 nitrogen and oxygen atoms in total. The molecule has 2 N–H and O–H groups in total. The lowest BCUT2D eigenvalue weighted by molar-refractivity contribution is 0.0253. The number of rotatable bonds is 1. The molecular formula is C15H12ClNO2. The van der Waals surface area contributed by atoms with Gasteiger partial charge in [0.05, 0.1) is 5.56 Å². The Kier molecular flexibility index (Phi) is 2.91. The normalized spacial score (nSPS) is 17.7. The van der Waals surface area contributed by atoms with E-state index in [1.807, 2.05) is 24.3 Å². The van der Waals surface area contributed by atoms with Crippen molar-refractivity contribution in [2.24, 2.45) is 0 Å². The van der Waals surface area contributed by atoms with Gasteiger partial charge >= 0.3 is 5.97 Å². The van der Waals surface area contributed by atoms with Gasteiger partial charge in [0.15, 0.2) is 0 Å². The van der Waals surface area contributed by atoms with E-state index in [0.717, 1.165) is 11.1 Å². The smallest absolute Gasteiger partial charge is 0.339 e. The Morgan fingerprint density at radius 2 is 2.00 bits per heavy atom. The van der Waals surface area contributed by atoms with Crippen molar-refractivity contribution in [3.63, 3.8) is 0 Å². The van der Waals surface area contributed by atoms with Crippen molar-refractivity contribution >= 4 is 23.3 Å². The summed E-state index contributed by atoms with van der Waals surface area (Å²) in [6, 6.07) is 12.7. The number of anilines is 1. The van der Waals surface area contributed by atoms with Gasteiger partial charge in [-0.3, -0.25) is 0 Å². The van der Waals surface area contributed by atoms with Crippen LogP contribution in [0.25, 0.3) is 0 Å². The van der Waals surface area contributed by atoms with Crippen LogP contribution in [0.15, 0.2) is 42.5 Å². The minimum absolute atomic E-state index is 0.306. The van der Waals surface area contributed by atoms with Crippen molar-refractivity contribution in [2.45, 2.75) is 12.5 Å². The Hall–Kier alpha value is -2.00. The van der Waals surface area contributed by atoms with Crippen LogP contribution in [0.1, 0.15) is 27.6 Å². The monoisotopic (exact) mass is 273 g/mol. The number of esters is 1. The topological polar surface area (TPSA) is 52.3 Å². The van der Waals surface area contributed by atoms with E-state index in [2.05, 4.69) is 0 Å². The Morgan fingerprint density at radius 3 is 2.79 bits per heavy atom. The number of carbonyl (C=O) groups is 1. The van der Waals surface area contributed by atoms with Crippen LogP contribution in [-0.4, -0.2) is 5.97 Å². The van der Waals surface area contributed by atoms with Gasteiger partial charge in [0.1, 0.15) is 6.10 Å². The summed E-state index contributed by atoms with van der Waals surface area (Å²) in [5.74, 6) is -0.306. The fraction of sp³-hybridized carbons (Fsp3) is 0.133. The highest BCUT2D eigenvalue weighted by Gasteiger charge is 2.28. The van der Waals surface area contributed by atoms with Crippen LogP contribution < -0.4 is 5.73 Å². The minimum atomic E-state index is -0.351. The highest BCUT2D eigenvalue weighted by atomic mass is 35.5. The molecule has 0 aliphatic carbocycles. The molecule has 2 aromatic rings. The second-order valence-corrected chi connectivity index (χ2v) is 4.94. The molecule has 1 aliphatic heterocycles. The molecule has 0 aromatic heterocycles. The van der Waals surface area contributed by atoms with Crippen LogP contribution in [0.4, 0.5) is 5.69 Å². The molecule has 4 heteroatoms. The first-order valence-corrected chi connectivity index (χ1v) is 6.37. The van der Waals surface area contributed by atoms with E-state index < -0.39 is 0 Å². The second kappa shape index (κ2) is 4.59. The average Bonchev–Trinajstić information content (AvgIpc) is 2.38. The molecule has 96 valence electrons. The Morgan fingerprint density at radius 1 is 1.21 bits per heavy atom. The van der Waals surface area contributed by atoms with Crippen molar-refractivity contribution in [3.05, 3.63) is 64.2 Å². The van der Waals surface area contributed by atoms with E-state index in [1.165, 1.54) is 0 Å². The molecule has 1 aliphatic rings. The van der Waals surface area contributed by atoms with Gasteiger partial charge in [-0.2, -0.15) is 0 Å². The number of fused-ring (bicyclic) bond motifs is 1. The number of carbonyl (C=O) groups excluding carboxylic acids is 1. The number of hydrogen-bond donors (Lipinski definition) is 1. The lowest BCUT2D eigenvalue weighted by atomic mass is 9.94. The molecule has 2 aromatic carbocycles. The van der Waals surface area contributed by atoms with E-state index in [4.69, 9.17) is 22.1 Å². The standard InChI is InChI=1S/C15H12ClNO2/c16-13-8-10(17)5-6-12(13)14-7-9-3-1-2-4-11(9)15(18)19-14/h1-6,8,14H,7,17H2. The van der Waals surface area contributed by atoms with E-state index >= 15 is 0 Å². The van der Waals surface area contributed by atoms with Crippen LogP contribution in [0.5, 0.6) is 0 Å². The second-order valence-electron chi connectivity index (χ2n) is 4.54. The first-order valence-electron chi connectivity index (χ1n) is 5.99. The summed E-state index contributed by atoms with van der Waals surface area (Å²) in [5.41, 5.74) is 8.67. The molecular weight excluding hydrogens is 262 g/mol. The molecule has 0 saturated heterocycles. The fourth-order valence-electron chi connectivity index (χ4n) is 2.31. The zero-order valence-electron chi connectivity index (χ0n) is 10.1. The molecule has 1 atom stereocenters. The summed E-state index contributed by atoms with van der Waals surface area (Å²) in [7, 11) is 0. The van der Waals surface area contributed by atoms with Crippen molar-refractivity contribution in [3.8, 4) is 0 Å². The van der Waals surface area contributed by atoms with Gasteiger partial charge in [-0.25, -0.2) is 4.79 Å². The Bertz CT molecular complexity index is 654. The van der Waals surface area contributed by atoms with Gasteiger partial charge in [-0.1, -0.05) is 35.9 Å². The van der Waals surface area contributed by atoms with Crippen LogP contribution in [0.3, 0.4) is 0 Å². The summed E-state index contributed by atoms with van der Waals surface area (Å²) in [6.45, 7) is 0. The molecule has 0 bridgehead atoms. The predicted molar refractivity (Wildman–Crippen MR) is 74.2 cm³/mol. The predicted octanol–water partition coefficient (Wildman–Crippen LogP) is 3.38.